The molecule has 2 rings (SSSR count). The van der Waals surface area contributed by atoms with Crippen molar-refractivity contribution in [2.75, 3.05) is 5.32 Å². The minimum atomic E-state index is 0.862. The van der Waals surface area contributed by atoms with Crippen molar-refractivity contribution < 1.29 is 0 Å². The third-order valence-corrected chi connectivity index (χ3v) is 1.77. The summed E-state index contributed by atoms with van der Waals surface area (Å²) in [5, 5.41) is 3.02. The number of hydrogen-bond donors (Lipinski definition) is 1. The molecule has 0 aliphatic rings. The number of hydrogen-bond acceptors (Lipinski definition) is 3. The summed E-state index contributed by atoms with van der Waals surface area (Å²) in [5.74, 6) is 0. The normalized spacial score (nSPS) is 10.4. The fourth-order valence-corrected chi connectivity index (χ4v) is 1.06. The van der Waals surface area contributed by atoms with E-state index in [0.717, 1.165) is 11.4 Å². The van der Waals surface area contributed by atoms with Crippen molar-refractivity contribution in [1.29, 1.82) is 0 Å². The van der Waals surface area contributed by atoms with Gasteiger partial charge in [-0.25, -0.2) is 4.99 Å². The van der Waals surface area contributed by atoms with Crippen molar-refractivity contribution in [3.63, 3.8) is 0 Å². The number of pyridine rings is 2. The Morgan fingerprint density at radius 2 is 1.93 bits per heavy atom. The van der Waals surface area contributed by atoms with Gasteiger partial charge in [0.1, 0.15) is 0 Å². The van der Waals surface area contributed by atoms with Crippen LogP contribution in [0.5, 0.6) is 0 Å². The van der Waals surface area contributed by atoms with E-state index < -0.39 is 0 Å². The molecular weight excluding hydrogens is 188 g/mol. The Labute approximate surface area is 87.7 Å². The lowest BCUT2D eigenvalue weighted by molar-refractivity contribution is 1.31. The van der Waals surface area contributed by atoms with Crippen LogP contribution < -0.4 is 5.32 Å². The number of aliphatic imine (C=N–C) groups is 1. The van der Waals surface area contributed by atoms with Crippen LogP contribution >= 0.6 is 0 Å². The van der Waals surface area contributed by atoms with Gasteiger partial charge in [-0.3, -0.25) is 9.97 Å². The average Bonchev–Trinajstić information content (AvgIpc) is 2.32. The molecule has 74 valence electrons. The van der Waals surface area contributed by atoms with Crippen LogP contribution in [0.2, 0.25) is 0 Å². The van der Waals surface area contributed by atoms with Gasteiger partial charge >= 0.3 is 0 Å². The van der Waals surface area contributed by atoms with Crippen LogP contribution in [0.4, 0.5) is 11.4 Å². The number of nitrogens with zero attached hydrogens (tertiary/aromatic N) is 3. The highest BCUT2D eigenvalue weighted by Crippen LogP contribution is 2.07. The Kier molecular flexibility index (Phi) is 3.02. The summed E-state index contributed by atoms with van der Waals surface area (Å²) in [5.41, 5.74) is 1.77. The van der Waals surface area contributed by atoms with Crippen molar-refractivity contribution >= 4 is 17.7 Å². The first-order valence-corrected chi connectivity index (χ1v) is 4.54. The summed E-state index contributed by atoms with van der Waals surface area (Å²) in [7, 11) is 0. The molecule has 0 fully saturated rings. The quantitative estimate of drug-likeness (QED) is 0.607. The second-order valence-electron chi connectivity index (χ2n) is 2.85. The van der Waals surface area contributed by atoms with Crippen LogP contribution in [-0.4, -0.2) is 16.3 Å². The van der Waals surface area contributed by atoms with E-state index in [0.29, 0.717) is 0 Å². The molecule has 2 heterocycles. The summed E-state index contributed by atoms with van der Waals surface area (Å²) in [4.78, 5) is 12.1. The molecule has 2 aromatic rings. The first-order chi connectivity index (χ1) is 7.45. The predicted molar refractivity (Wildman–Crippen MR) is 60.2 cm³/mol. The van der Waals surface area contributed by atoms with Gasteiger partial charge in [-0.15, -0.1) is 0 Å². The number of anilines is 1. The van der Waals surface area contributed by atoms with Gasteiger partial charge in [-0.05, 0) is 24.3 Å². The minimum absolute atomic E-state index is 0.862. The molecule has 0 aromatic carbocycles. The van der Waals surface area contributed by atoms with Gasteiger partial charge in [0.15, 0.2) is 0 Å². The second kappa shape index (κ2) is 4.85. The van der Waals surface area contributed by atoms with Crippen molar-refractivity contribution in [3.05, 3.63) is 49.1 Å². The van der Waals surface area contributed by atoms with Gasteiger partial charge < -0.3 is 5.32 Å². The van der Waals surface area contributed by atoms with E-state index in [4.69, 9.17) is 0 Å². The molecule has 2 aromatic heterocycles. The van der Waals surface area contributed by atoms with Crippen LogP contribution in [0.1, 0.15) is 0 Å². The summed E-state index contributed by atoms with van der Waals surface area (Å²) >= 11 is 0. The summed E-state index contributed by atoms with van der Waals surface area (Å²) in [6, 6.07) is 7.46. The fraction of sp³-hybridized carbons (Fsp3) is 0. The highest BCUT2D eigenvalue weighted by molar-refractivity contribution is 5.77. The van der Waals surface area contributed by atoms with Crippen LogP contribution in [-0.2, 0) is 0 Å². The van der Waals surface area contributed by atoms with Crippen LogP contribution in [0.3, 0.4) is 0 Å². The maximum absolute atomic E-state index is 4.20. The van der Waals surface area contributed by atoms with Crippen LogP contribution in [0.15, 0.2) is 54.0 Å². The molecule has 0 aliphatic carbocycles. The molecular formula is C11H10N4. The summed E-state index contributed by atoms with van der Waals surface area (Å²) < 4.78 is 0. The number of rotatable bonds is 3. The van der Waals surface area contributed by atoms with Crippen molar-refractivity contribution in [1.82, 2.24) is 9.97 Å². The van der Waals surface area contributed by atoms with Gasteiger partial charge in [-0.2, -0.15) is 0 Å². The first kappa shape index (κ1) is 9.33. The van der Waals surface area contributed by atoms with Crippen LogP contribution in [0, 0.1) is 0 Å². The van der Waals surface area contributed by atoms with E-state index in [1.165, 1.54) is 0 Å². The van der Waals surface area contributed by atoms with Gasteiger partial charge in [0, 0.05) is 18.6 Å². The molecule has 0 spiro atoms. The lowest BCUT2D eigenvalue weighted by Crippen LogP contribution is -1.93. The minimum Gasteiger partial charge on any atom is -0.345 e. The standard InChI is InChI=1S/C11H10N4/c1-2-11(8-13-5-1)15-9-14-10-3-6-12-7-4-10/h1-9H,(H,12,14,15). The molecule has 0 saturated heterocycles. The SMILES string of the molecule is C(=Nc1ccncc1)Nc1cccnc1. The monoisotopic (exact) mass is 198 g/mol. The smallest absolute Gasteiger partial charge is 0.0930 e. The van der Waals surface area contributed by atoms with Crippen molar-refractivity contribution in [2.45, 2.75) is 0 Å². The Bertz CT molecular complexity index is 425. The van der Waals surface area contributed by atoms with Gasteiger partial charge in [-0.1, -0.05) is 0 Å². The number of aromatic nitrogens is 2. The zero-order valence-corrected chi connectivity index (χ0v) is 8.04. The van der Waals surface area contributed by atoms with Crippen LogP contribution in [0.25, 0.3) is 0 Å². The molecule has 0 atom stereocenters. The van der Waals surface area contributed by atoms with E-state index in [9.17, 15) is 0 Å². The molecule has 1 N–H and O–H groups in total. The molecule has 0 aliphatic heterocycles. The highest BCUT2D eigenvalue weighted by atomic mass is 14.9. The third-order valence-electron chi connectivity index (χ3n) is 1.77. The Morgan fingerprint density at radius 1 is 1.07 bits per heavy atom. The topological polar surface area (TPSA) is 50.2 Å². The second-order valence-corrected chi connectivity index (χ2v) is 2.85. The highest BCUT2D eigenvalue weighted by Gasteiger charge is 1.86. The first-order valence-electron chi connectivity index (χ1n) is 4.54. The maximum atomic E-state index is 4.20. The maximum Gasteiger partial charge on any atom is 0.0930 e. The molecule has 0 saturated carbocycles. The molecule has 4 heteroatoms. The fourth-order valence-electron chi connectivity index (χ4n) is 1.06. The van der Waals surface area contributed by atoms with E-state index in [2.05, 4.69) is 20.3 Å². The Morgan fingerprint density at radius 3 is 2.67 bits per heavy atom. The summed E-state index contributed by atoms with van der Waals surface area (Å²) in [6.45, 7) is 0. The lowest BCUT2D eigenvalue weighted by Gasteiger charge is -1.97. The van der Waals surface area contributed by atoms with E-state index in [1.807, 2.05) is 24.3 Å². The van der Waals surface area contributed by atoms with Gasteiger partial charge in [0.05, 0.1) is 23.9 Å². The summed E-state index contributed by atoms with van der Waals surface area (Å²) in [6.07, 6.45) is 8.50. The zero-order chi connectivity index (χ0) is 10.3. The molecule has 0 unspecified atom stereocenters. The van der Waals surface area contributed by atoms with Crippen molar-refractivity contribution in [2.24, 2.45) is 4.99 Å². The molecule has 0 amide bonds. The van der Waals surface area contributed by atoms with E-state index >= 15 is 0 Å². The Hall–Kier alpha value is -2.23. The Balaban J connectivity index is 1.97. The van der Waals surface area contributed by atoms with E-state index in [-0.39, 0.29) is 0 Å². The van der Waals surface area contributed by atoms with Gasteiger partial charge in [0.25, 0.3) is 0 Å². The molecule has 0 bridgehead atoms. The zero-order valence-electron chi connectivity index (χ0n) is 8.04. The van der Waals surface area contributed by atoms with Crippen molar-refractivity contribution in [3.8, 4) is 0 Å². The largest absolute Gasteiger partial charge is 0.345 e. The average molecular weight is 198 g/mol. The van der Waals surface area contributed by atoms with Gasteiger partial charge in [0.2, 0.25) is 0 Å². The van der Waals surface area contributed by atoms with E-state index in [1.54, 1.807) is 31.1 Å². The molecule has 15 heavy (non-hydrogen) atoms. The number of nitrogens with one attached hydrogen (secondary N) is 1. The molecule has 4 nitrogen and oxygen atoms in total. The predicted octanol–water partition coefficient (Wildman–Crippen LogP) is 2.25. The third kappa shape index (κ3) is 2.87. The molecule has 0 radical (unpaired) electrons. The lowest BCUT2D eigenvalue weighted by atomic mass is 10.4.